The Bertz CT molecular complexity index is 938. The number of rotatable bonds is 8. The van der Waals surface area contributed by atoms with Crippen molar-refractivity contribution in [2.75, 3.05) is 7.11 Å². The second kappa shape index (κ2) is 8.94. The molecule has 0 radical (unpaired) electrons. The summed E-state index contributed by atoms with van der Waals surface area (Å²) in [6, 6.07) is 9.03. The summed E-state index contributed by atoms with van der Waals surface area (Å²) in [4.78, 5) is 11.9. The molecule has 2 aromatic heterocycles. The summed E-state index contributed by atoms with van der Waals surface area (Å²) < 4.78 is 21.6. The second-order valence-electron chi connectivity index (χ2n) is 6.13. The van der Waals surface area contributed by atoms with Crippen LogP contribution in [0, 0.1) is 13.8 Å². The Morgan fingerprint density at radius 3 is 2.79 bits per heavy atom. The molecule has 3 rings (SSSR count). The topological polar surface area (TPSA) is 86.7 Å². The highest BCUT2D eigenvalue weighted by Crippen LogP contribution is 2.30. The molecule has 0 atom stereocenters. The van der Waals surface area contributed by atoms with E-state index in [1.54, 1.807) is 43.7 Å². The van der Waals surface area contributed by atoms with E-state index >= 15 is 0 Å². The number of furan rings is 1. The van der Waals surface area contributed by atoms with Gasteiger partial charge in [-0.15, -0.1) is 0 Å². The number of hydrogen-bond donors (Lipinski definition) is 1. The third-order valence-electron chi connectivity index (χ3n) is 4.19. The van der Waals surface area contributed by atoms with Crippen LogP contribution >= 0.6 is 0 Å². The van der Waals surface area contributed by atoms with Gasteiger partial charge in [-0.25, -0.2) is 0 Å². The number of nitrogens with one attached hydrogen (secondary N) is 1. The van der Waals surface area contributed by atoms with Gasteiger partial charge < -0.3 is 23.7 Å². The van der Waals surface area contributed by atoms with Crippen LogP contribution in [0.25, 0.3) is 6.08 Å². The van der Waals surface area contributed by atoms with Gasteiger partial charge in [0, 0.05) is 6.08 Å². The van der Waals surface area contributed by atoms with E-state index in [-0.39, 0.29) is 5.91 Å². The minimum Gasteiger partial charge on any atom is -0.493 e. The summed E-state index contributed by atoms with van der Waals surface area (Å²) in [6.45, 7) is 4.40. The summed E-state index contributed by atoms with van der Waals surface area (Å²) in [6.07, 6.45) is 4.74. The molecule has 3 aromatic rings. The Hall–Kier alpha value is -3.48. The number of carbonyl (C=O) groups is 1. The molecule has 28 heavy (non-hydrogen) atoms. The number of hydrogen-bond acceptors (Lipinski definition) is 6. The summed E-state index contributed by atoms with van der Waals surface area (Å²) in [5.41, 5.74) is 2.53. The van der Waals surface area contributed by atoms with Gasteiger partial charge in [0.2, 0.25) is 5.91 Å². The van der Waals surface area contributed by atoms with Gasteiger partial charge in [0.15, 0.2) is 11.5 Å². The van der Waals surface area contributed by atoms with Crippen LogP contribution in [-0.2, 0) is 17.9 Å². The van der Waals surface area contributed by atoms with E-state index in [1.807, 2.05) is 19.9 Å². The number of aromatic nitrogens is 1. The lowest BCUT2D eigenvalue weighted by Crippen LogP contribution is -2.19. The van der Waals surface area contributed by atoms with E-state index in [2.05, 4.69) is 10.5 Å². The van der Waals surface area contributed by atoms with E-state index in [0.717, 1.165) is 22.6 Å². The first-order chi connectivity index (χ1) is 13.6. The van der Waals surface area contributed by atoms with Gasteiger partial charge in [-0.2, -0.15) is 0 Å². The molecule has 0 fully saturated rings. The Balaban J connectivity index is 1.61. The van der Waals surface area contributed by atoms with Crippen molar-refractivity contribution in [2.45, 2.75) is 27.0 Å². The normalized spacial score (nSPS) is 11.0. The first-order valence-corrected chi connectivity index (χ1v) is 8.77. The summed E-state index contributed by atoms with van der Waals surface area (Å²) in [5, 5.41) is 6.67. The summed E-state index contributed by atoms with van der Waals surface area (Å²) >= 11 is 0. The number of aryl methyl sites for hydroxylation is 2. The molecule has 0 aliphatic carbocycles. The molecule has 0 saturated carbocycles. The molecule has 0 saturated heterocycles. The molecule has 1 aromatic carbocycles. The van der Waals surface area contributed by atoms with Crippen LogP contribution in [0.15, 0.2) is 51.6 Å². The van der Waals surface area contributed by atoms with Crippen molar-refractivity contribution in [1.29, 1.82) is 0 Å². The van der Waals surface area contributed by atoms with Crippen LogP contribution < -0.4 is 14.8 Å². The van der Waals surface area contributed by atoms with Gasteiger partial charge in [0.25, 0.3) is 0 Å². The van der Waals surface area contributed by atoms with Gasteiger partial charge in [-0.1, -0.05) is 11.2 Å². The van der Waals surface area contributed by atoms with E-state index in [9.17, 15) is 4.79 Å². The average molecular weight is 382 g/mol. The lowest BCUT2D eigenvalue weighted by molar-refractivity contribution is -0.116. The first kappa shape index (κ1) is 19.3. The number of amides is 1. The third-order valence-corrected chi connectivity index (χ3v) is 4.19. The Labute approximate surface area is 162 Å². The largest absolute Gasteiger partial charge is 0.493 e. The lowest BCUT2D eigenvalue weighted by atomic mass is 10.2. The van der Waals surface area contributed by atoms with Crippen LogP contribution in [0.3, 0.4) is 0 Å². The van der Waals surface area contributed by atoms with E-state index in [0.29, 0.717) is 30.4 Å². The fourth-order valence-electron chi connectivity index (χ4n) is 2.58. The minimum atomic E-state index is -0.214. The number of benzene rings is 1. The zero-order chi connectivity index (χ0) is 19.9. The van der Waals surface area contributed by atoms with Crippen LogP contribution in [0.1, 0.15) is 28.3 Å². The highest BCUT2D eigenvalue weighted by molar-refractivity contribution is 5.91. The van der Waals surface area contributed by atoms with Crippen LogP contribution in [-0.4, -0.2) is 18.2 Å². The molecule has 0 spiro atoms. The molecular formula is C21H22N2O5. The molecule has 0 bridgehead atoms. The highest BCUT2D eigenvalue weighted by atomic mass is 16.5. The fourth-order valence-corrected chi connectivity index (χ4v) is 2.58. The molecule has 146 valence electrons. The predicted molar refractivity (Wildman–Crippen MR) is 103 cm³/mol. The number of methoxy groups -OCH3 is 1. The highest BCUT2D eigenvalue weighted by Gasteiger charge is 2.12. The van der Waals surface area contributed by atoms with Crippen molar-refractivity contribution < 1.29 is 23.2 Å². The zero-order valence-corrected chi connectivity index (χ0v) is 16.0. The molecule has 0 unspecified atom stereocenters. The SMILES string of the molecule is COc1cc(/C=C/C(=O)NCc2ccco2)ccc1OCc1c(C)noc1C. The third kappa shape index (κ3) is 4.82. The maximum absolute atomic E-state index is 11.9. The van der Waals surface area contributed by atoms with E-state index in [1.165, 1.54) is 6.08 Å². The predicted octanol–water partition coefficient (Wildman–Crippen LogP) is 3.80. The number of carbonyl (C=O) groups excluding carboxylic acids is 1. The standard InChI is InChI=1S/C21H22N2O5/c1-14-18(15(2)28-23-14)13-27-19-8-6-16(11-20(19)25-3)7-9-21(24)22-12-17-5-4-10-26-17/h4-11H,12-13H2,1-3H3,(H,22,24)/b9-7+. The van der Waals surface area contributed by atoms with Crippen molar-refractivity contribution in [1.82, 2.24) is 10.5 Å². The van der Waals surface area contributed by atoms with Crippen LogP contribution in [0.4, 0.5) is 0 Å². The summed E-state index contributed by atoms with van der Waals surface area (Å²) in [5.74, 6) is 2.39. The minimum absolute atomic E-state index is 0.214. The van der Waals surface area contributed by atoms with E-state index in [4.69, 9.17) is 18.4 Å². The van der Waals surface area contributed by atoms with Crippen molar-refractivity contribution in [3.63, 3.8) is 0 Å². The van der Waals surface area contributed by atoms with Crippen molar-refractivity contribution in [3.05, 3.63) is 71.0 Å². The van der Waals surface area contributed by atoms with E-state index < -0.39 is 0 Å². The van der Waals surface area contributed by atoms with Crippen LogP contribution in [0.5, 0.6) is 11.5 Å². The van der Waals surface area contributed by atoms with Gasteiger partial charge >= 0.3 is 0 Å². The van der Waals surface area contributed by atoms with Gasteiger partial charge in [-0.3, -0.25) is 4.79 Å². The molecule has 0 aliphatic rings. The molecule has 1 amide bonds. The van der Waals surface area contributed by atoms with Gasteiger partial charge in [0.1, 0.15) is 18.1 Å². The van der Waals surface area contributed by atoms with Crippen molar-refractivity contribution >= 4 is 12.0 Å². The molecule has 1 N–H and O–H groups in total. The zero-order valence-electron chi connectivity index (χ0n) is 16.0. The Morgan fingerprint density at radius 2 is 2.11 bits per heavy atom. The number of ether oxygens (including phenoxy) is 2. The average Bonchev–Trinajstić information content (AvgIpc) is 3.33. The first-order valence-electron chi connectivity index (χ1n) is 8.77. The lowest BCUT2D eigenvalue weighted by Gasteiger charge is -2.11. The van der Waals surface area contributed by atoms with Crippen molar-refractivity contribution in [3.8, 4) is 11.5 Å². The second-order valence-corrected chi connectivity index (χ2v) is 6.13. The monoisotopic (exact) mass is 382 g/mol. The quantitative estimate of drug-likeness (QED) is 0.596. The maximum Gasteiger partial charge on any atom is 0.244 e. The smallest absolute Gasteiger partial charge is 0.244 e. The molecule has 0 aliphatic heterocycles. The van der Waals surface area contributed by atoms with Gasteiger partial charge in [0.05, 0.1) is 31.2 Å². The number of nitrogens with zero attached hydrogens (tertiary/aromatic N) is 1. The molecule has 7 nitrogen and oxygen atoms in total. The van der Waals surface area contributed by atoms with Gasteiger partial charge in [-0.05, 0) is 49.8 Å². The molecule has 2 heterocycles. The Morgan fingerprint density at radius 1 is 1.25 bits per heavy atom. The fraction of sp³-hybridized carbons (Fsp3) is 0.238. The maximum atomic E-state index is 11.9. The Kier molecular flexibility index (Phi) is 6.16. The van der Waals surface area contributed by atoms with Crippen LogP contribution in [0.2, 0.25) is 0 Å². The van der Waals surface area contributed by atoms with Crippen molar-refractivity contribution in [2.24, 2.45) is 0 Å². The molecule has 7 heteroatoms. The molecular weight excluding hydrogens is 360 g/mol. The summed E-state index contributed by atoms with van der Waals surface area (Å²) in [7, 11) is 1.57.